The van der Waals surface area contributed by atoms with E-state index in [1.54, 1.807) is 0 Å². The molecule has 0 aliphatic heterocycles. The van der Waals surface area contributed by atoms with Gasteiger partial charge in [0.25, 0.3) is 0 Å². The predicted molar refractivity (Wildman–Crippen MR) is 70.9 cm³/mol. The SMILES string of the molecule is CCCn1cc2c(C)cc(SCC(=O)O)nc2n1. The molecular weight excluding hydrogens is 250 g/mol. The Morgan fingerprint density at radius 2 is 2.33 bits per heavy atom. The van der Waals surface area contributed by atoms with Crippen LogP contribution in [0.4, 0.5) is 0 Å². The largest absolute Gasteiger partial charge is 0.481 e. The number of rotatable bonds is 5. The molecule has 6 heteroatoms. The number of thioether (sulfide) groups is 1. The molecule has 2 aromatic rings. The molecule has 0 spiro atoms. The van der Waals surface area contributed by atoms with Crippen molar-refractivity contribution in [2.75, 3.05) is 5.75 Å². The van der Waals surface area contributed by atoms with Crippen LogP contribution in [-0.4, -0.2) is 31.6 Å². The quantitative estimate of drug-likeness (QED) is 0.840. The molecule has 0 fully saturated rings. The molecule has 0 aliphatic rings. The zero-order valence-electron chi connectivity index (χ0n) is 10.4. The minimum absolute atomic E-state index is 0.0214. The van der Waals surface area contributed by atoms with Crippen LogP contribution in [0.2, 0.25) is 0 Å². The highest BCUT2D eigenvalue weighted by atomic mass is 32.2. The zero-order valence-corrected chi connectivity index (χ0v) is 11.2. The summed E-state index contributed by atoms with van der Waals surface area (Å²) >= 11 is 1.22. The van der Waals surface area contributed by atoms with Crippen LogP contribution < -0.4 is 0 Å². The molecule has 96 valence electrons. The van der Waals surface area contributed by atoms with Gasteiger partial charge in [0.15, 0.2) is 5.65 Å². The van der Waals surface area contributed by atoms with Crippen molar-refractivity contribution >= 4 is 28.8 Å². The maximum atomic E-state index is 10.5. The Morgan fingerprint density at radius 3 is 3.00 bits per heavy atom. The number of aromatic nitrogens is 3. The third kappa shape index (κ3) is 2.81. The van der Waals surface area contributed by atoms with Crippen molar-refractivity contribution in [3.63, 3.8) is 0 Å². The third-order valence-corrected chi connectivity index (χ3v) is 3.42. The maximum Gasteiger partial charge on any atom is 0.313 e. The summed E-state index contributed by atoms with van der Waals surface area (Å²) < 4.78 is 1.89. The van der Waals surface area contributed by atoms with Crippen molar-refractivity contribution < 1.29 is 9.90 Å². The van der Waals surface area contributed by atoms with E-state index in [9.17, 15) is 4.79 Å². The summed E-state index contributed by atoms with van der Waals surface area (Å²) in [6.45, 7) is 4.96. The number of hydrogen-bond acceptors (Lipinski definition) is 4. The second-order valence-electron chi connectivity index (χ2n) is 4.09. The van der Waals surface area contributed by atoms with E-state index in [1.165, 1.54) is 11.8 Å². The highest BCUT2D eigenvalue weighted by Crippen LogP contribution is 2.22. The van der Waals surface area contributed by atoms with E-state index >= 15 is 0 Å². The maximum absolute atomic E-state index is 10.5. The van der Waals surface area contributed by atoms with E-state index in [1.807, 2.05) is 23.9 Å². The van der Waals surface area contributed by atoms with E-state index in [2.05, 4.69) is 17.0 Å². The molecule has 2 heterocycles. The van der Waals surface area contributed by atoms with Crippen molar-refractivity contribution in [2.45, 2.75) is 31.8 Å². The fraction of sp³-hybridized carbons (Fsp3) is 0.417. The molecule has 0 amide bonds. The van der Waals surface area contributed by atoms with Gasteiger partial charge in [-0.2, -0.15) is 5.10 Å². The van der Waals surface area contributed by atoms with Gasteiger partial charge >= 0.3 is 5.97 Å². The average molecular weight is 265 g/mol. The Morgan fingerprint density at radius 1 is 1.56 bits per heavy atom. The normalized spacial score (nSPS) is 11.0. The molecule has 2 rings (SSSR count). The molecule has 0 saturated heterocycles. The second kappa shape index (κ2) is 5.39. The van der Waals surface area contributed by atoms with Crippen LogP contribution in [0, 0.1) is 6.92 Å². The minimum atomic E-state index is -0.837. The lowest BCUT2D eigenvalue weighted by Gasteiger charge is -2.00. The monoisotopic (exact) mass is 265 g/mol. The van der Waals surface area contributed by atoms with Crippen LogP contribution in [0.25, 0.3) is 11.0 Å². The standard InChI is InChI=1S/C12H15N3O2S/c1-3-4-15-6-9-8(2)5-10(13-12(9)14-15)18-7-11(16)17/h5-6H,3-4,7H2,1-2H3,(H,16,17). The van der Waals surface area contributed by atoms with Crippen LogP contribution in [-0.2, 0) is 11.3 Å². The van der Waals surface area contributed by atoms with Crippen LogP contribution >= 0.6 is 11.8 Å². The Bertz CT molecular complexity index is 580. The number of pyridine rings is 1. The first-order valence-corrected chi connectivity index (χ1v) is 6.78. The van der Waals surface area contributed by atoms with E-state index in [-0.39, 0.29) is 5.75 Å². The number of hydrogen-bond donors (Lipinski definition) is 1. The molecule has 0 aliphatic carbocycles. The molecule has 5 nitrogen and oxygen atoms in total. The molecule has 0 saturated carbocycles. The summed E-state index contributed by atoms with van der Waals surface area (Å²) in [6.07, 6.45) is 3.01. The lowest BCUT2D eigenvalue weighted by atomic mass is 10.2. The van der Waals surface area contributed by atoms with Crippen LogP contribution in [0.3, 0.4) is 0 Å². The smallest absolute Gasteiger partial charge is 0.313 e. The van der Waals surface area contributed by atoms with Crippen molar-refractivity contribution in [3.8, 4) is 0 Å². The number of carboxylic acids is 1. The van der Waals surface area contributed by atoms with Crippen LogP contribution in [0.1, 0.15) is 18.9 Å². The molecular formula is C12H15N3O2S. The summed E-state index contributed by atoms with van der Waals surface area (Å²) in [4.78, 5) is 14.9. The van der Waals surface area contributed by atoms with E-state index < -0.39 is 5.97 Å². The molecule has 0 radical (unpaired) electrons. The number of carboxylic acid groups (broad SMARTS) is 1. The Kier molecular flexibility index (Phi) is 3.86. The Hall–Kier alpha value is -1.56. The van der Waals surface area contributed by atoms with Gasteiger partial charge in [-0.25, -0.2) is 4.98 Å². The van der Waals surface area contributed by atoms with E-state index in [4.69, 9.17) is 5.11 Å². The first kappa shape index (κ1) is 12.9. The number of carbonyl (C=O) groups is 1. The fourth-order valence-corrected chi connectivity index (χ4v) is 2.41. The predicted octanol–water partition coefficient (Wildman–Crippen LogP) is 2.33. The van der Waals surface area contributed by atoms with Gasteiger partial charge in [0.1, 0.15) is 0 Å². The van der Waals surface area contributed by atoms with Crippen molar-refractivity contribution in [1.82, 2.24) is 14.8 Å². The molecule has 0 atom stereocenters. The molecule has 2 aromatic heterocycles. The summed E-state index contributed by atoms with van der Waals surface area (Å²) in [5.74, 6) is -0.816. The van der Waals surface area contributed by atoms with Gasteiger partial charge in [-0.15, -0.1) is 0 Å². The fourth-order valence-electron chi connectivity index (χ4n) is 1.72. The van der Waals surface area contributed by atoms with Gasteiger partial charge in [-0.3, -0.25) is 9.48 Å². The number of aliphatic carboxylic acids is 1. The third-order valence-electron chi connectivity index (χ3n) is 2.52. The summed E-state index contributed by atoms with van der Waals surface area (Å²) in [7, 11) is 0. The van der Waals surface area contributed by atoms with Gasteiger partial charge < -0.3 is 5.11 Å². The average Bonchev–Trinajstić information content (AvgIpc) is 2.70. The Labute approximate surface area is 109 Å². The van der Waals surface area contributed by atoms with Gasteiger partial charge in [-0.05, 0) is 25.0 Å². The highest BCUT2D eigenvalue weighted by molar-refractivity contribution is 7.99. The van der Waals surface area contributed by atoms with Gasteiger partial charge in [0.2, 0.25) is 0 Å². The lowest BCUT2D eigenvalue weighted by molar-refractivity contribution is -0.133. The van der Waals surface area contributed by atoms with Gasteiger partial charge in [0, 0.05) is 18.1 Å². The van der Waals surface area contributed by atoms with Crippen LogP contribution in [0.15, 0.2) is 17.3 Å². The summed E-state index contributed by atoms with van der Waals surface area (Å²) in [6, 6.07) is 1.91. The van der Waals surface area contributed by atoms with Gasteiger partial charge in [-0.1, -0.05) is 18.7 Å². The number of fused-ring (bicyclic) bond motifs is 1. The van der Waals surface area contributed by atoms with Crippen molar-refractivity contribution in [1.29, 1.82) is 0 Å². The first-order valence-electron chi connectivity index (χ1n) is 5.79. The number of aryl methyl sites for hydroxylation is 2. The Balaban J connectivity index is 2.32. The first-order chi connectivity index (χ1) is 8.60. The molecule has 1 N–H and O–H groups in total. The zero-order chi connectivity index (χ0) is 13.1. The molecule has 18 heavy (non-hydrogen) atoms. The molecule has 0 unspecified atom stereocenters. The van der Waals surface area contributed by atoms with E-state index in [0.29, 0.717) is 10.7 Å². The summed E-state index contributed by atoms with van der Waals surface area (Å²) in [5.41, 5.74) is 1.77. The molecule has 0 aromatic carbocycles. The second-order valence-corrected chi connectivity index (χ2v) is 5.08. The number of nitrogens with zero attached hydrogens (tertiary/aromatic N) is 3. The van der Waals surface area contributed by atoms with Gasteiger partial charge in [0.05, 0.1) is 10.8 Å². The van der Waals surface area contributed by atoms with Crippen molar-refractivity contribution in [3.05, 3.63) is 17.8 Å². The molecule has 0 bridgehead atoms. The summed E-state index contributed by atoms with van der Waals surface area (Å²) in [5, 5.41) is 14.8. The topological polar surface area (TPSA) is 68.0 Å². The van der Waals surface area contributed by atoms with Crippen molar-refractivity contribution in [2.24, 2.45) is 0 Å². The lowest BCUT2D eigenvalue weighted by Crippen LogP contribution is -1.98. The minimum Gasteiger partial charge on any atom is -0.481 e. The van der Waals surface area contributed by atoms with Crippen LogP contribution in [0.5, 0.6) is 0 Å². The highest BCUT2D eigenvalue weighted by Gasteiger charge is 2.08. The van der Waals surface area contributed by atoms with E-state index in [0.717, 1.165) is 23.9 Å².